The molecule has 3 aliphatic heterocycles. The highest BCUT2D eigenvalue weighted by atomic mass is 16.5. The van der Waals surface area contributed by atoms with Crippen LogP contribution in [-0.4, -0.2) is 80.3 Å². The van der Waals surface area contributed by atoms with Crippen LogP contribution in [-0.2, 0) is 19.1 Å². The SMILES string of the molecule is C=CCN(C(=O)C1N([C@H](C)CO)C(=O)[C@@H]2[C@@H](C(=O)O)[C@]3(C)OC12CC3C)C(C)C. The Morgan fingerprint density at radius 1 is 1.41 bits per heavy atom. The van der Waals surface area contributed by atoms with Crippen molar-refractivity contribution in [2.75, 3.05) is 13.2 Å². The van der Waals surface area contributed by atoms with Crippen LogP contribution in [0.25, 0.3) is 0 Å². The van der Waals surface area contributed by atoms with Crippen LogP contribution in [0.3, 0.4) is 0 Å². The first-order chi connectivity index (χ1) is 13.5. The quantitative estimate of drug-likeness (QED) is 0.606. The fraction of sp³-hybridized carbons (Fsp3) is 0.762. The Morgan fingerprint density at radius 2 is 2.03 bits per heavy atom. The molecule has 2 bridgehead atoms. The van der Waals surface area contributed by atoms with Gasteiger partial charge in [-0.15, -0.1) is 6.58 Å². The predicted octanol–water partition coefficient (Wildman–Crippen LogP) is 0.886. The lowest BCUT2D eigenvalue weighted by molar-refractivity contribution is -0.160. The number of nitrogens with zero attached hydrogens (tertiary/aromatic N) is 2. The minimum Gasteiger partial charge on any atom is -0.481 e. The van der Waals surface area contributed by atoms with E-state index in [2.05, 4.69) is 6.58 Å². The van der Waals surface area contributed by atoms with Gasteiger partial charge in [0.05, 0.1) is 24.2 Å². The third kappa shape index (κ3) is 2.75. The van der Waals surface area contributed by atoms with Crippen molar-refractivity contribution < 1.29 is 29.3 Å². The molecule has 1 spiro atoms. The van der Waals surface area contributed by atoms with Gasteiger partial charge in [-0.05, 0) is 40.0 Å². The number of likely N-dealkylation sites (tertiary alicyclic amines) is 1. The van der Waals surface area contributed by atoms with Gasteiger partial charge >= 0.3 is 5.97 Å². The molecule has 0 aromatic carbocycles. The van der Waals surface area contributed by atoms with Gasteiger partial charge in [0.15, 0.2) is 0 Å². The van der Waals surface area contributed by atoms with Crippen LogP contribution in [0.2, 0.25) is 0 Å². The second-order valence-corrected chi connectivity index (χ2v) is 9.19. The van der Waals surface area contributed by atoms with Gasteiger partial charge in [0, 0.05) is 12.6 Å². The largest absolute Gasteiger partial charge is 0.481 e. The summed E-state index contributed by atoms with van der Waals surface area (Å²) in [5.74, 6) is -3.90. The number of aliphatic hydroxyl groups excluding tert-OH is 1. The number of hydrogen-bond acceptors (Lipinski definition) is 5. The van der Waals surface area contributed by atoms with Crippen molar-refractivity contribution in [3.05, 3.63) is 12.7 Å². The minimum atomic E-state index is -1.21. The van der Waals surface area contributed by atoms with Crippen molar-refractivity contribution in [3.8, 4) is 0 Å². The van der Waals surface area contributed by atoms with Crippen LogP contribution in [0.4, 0.5) is 0 Å². The summed E-state index contributed by atoms with van der Waals surface area (Å²) in [4.78, 5) is 42.4. The topological polar surface area (TPSA) is 107 Å². The Balaban J connectivity index is 2.17. The molecule has 0 saturated carbocycles. The summed E-state index contributed by atoms with van der Waals surface area (Å²) in [6.45, 7) is 12.8. The van der Waals surface area contributed by atoms with Crippen LogP contribution in [0.5, 0.6) is 0 Å². The summed E-state index contributed by atoms with van der Waals surface area (Å²) in [5.41, 5.74) is -2.22. The summed E-state index contributed by atoms with van der Waals surface area (Å²) in [7, 11) is 0. The van der Waals surface area contributed by atoms with Crippen molar-refractivity contribution in [2.45, 2.75) is 70.4 Å². The van der Waals surface area contributed by atoms with E-state index in [-0.39, 0.29) is 24.5 Å². The normalized spacial score (nSPS) is 39.0. The highest BCUT2D eigenvalue weighted by molar-refractivity contribution is 5.98. The summed E-state index contributed by atoms with van der Waals surface area (Å²) in [5, 5.41) is 19.7. The lowest BCUT2D eigenvalue weighted by atomic mass is 9.62. The molecule has 3 rings (SSSR count). The van der Waals surface area contributed by atoms with Gasteiger partial charge in [-0.3, -0.25) is 14.4 Å². The monoisotopic (exact) mass is 408 g/mol. The van der Waals surface area contributed by atoms with Crippen molar-refractivity contribution in [1.82, 2.24) is 9.80 Å². The summed E-state index contributed by atoms with van der Waals surface area (Å²) < 4.78 is 6.40. The molecule has 3 aliphatic rings. The molecule has 0 radical (unpaired) electrons. The maximum Gasteiger partial charge on any atom is 0.310 e. The van der Waals surface area contributed by atoms with Crippen LogP contribution in [0.1, 0.15) is 41.0 Å². The number of carboxylic acid groups (broad SMARTS) is 1. The van der Waals surface area contributed by atoms with Gasteiger partial charge < -0.3 is 24.7 Å². The Hall–Kier alpha value is -1.93. The van der Waals surface area contributed by atoms with Crippen molar-refractivity contribution >= 4 is 17.8 Å². The number of aliphatic hydroxyl groups is 1. The average Bonchev–Trinajstić information content (AvgIpc) is 3.15. The van der Waals surface area contributed by atoms with Crippen LogP contribution >= 0.6 is 0 Å². The van der Waals surface area contributed by atoms with Gasteiger partial charge in [-0.25, -0.2) is 0 Å². The zero-order valence-electron chi connectivity index (χ0n) is 17.8. The zero-order valence-corrected chi connectivity index (χ0v) is 17.8. The molecule has 8 nitrogen and oxygen atoms in total. The molecule has 3 fully saturated rings. The van der Waals surface area contributed by atoms with E-state index in [1.165, 1.54) is 4.90 Å². The molecule has 3 saturated heterocycles. The van der Waals surface area contributed by atoms with Gasteiger partial charge in [-0.2, -0.15) is 0 Å². The molecule has 3 heterocycles. The third-order valence-electron chi connectivity index (χ3n) is 7.22. The summed E-state index contributed by atoms with van der Waals surface area (Å²) in [6, 6.07) is -1.74. The minimum absolute atomic E-state index is 0.126. The molecule has 3 unspecified atom stereocenters. The first-order valence-electron chi connectivity index (χ1n) is 10.2. The van der Waals surface area contributed by atoms with Crippen LogP contribution in [0, 0.1) is 17.8 Å². The number of hydrogen-bond donors (Lipinski definition) is 2. The van der Waals surface area contributed by atoms with E-state index < -0.39 is 47.0 Å². The number of rotatable bonds is 7. The number of carbonyl (C=O) groups excluding carboxylic acids is 2. The molecule has 7 atom stereocenters. The number of ether oxygens (including phenoxy) is 1. The standard InChI is InChI=1S/C21H32N2O6/c1-7-8-22(11(2)3)18(26)16-21-9-12(4)20(6,29-21)15(19(27)28)14(21)17(25)23(16)13(5)10-24/h7,11-16,24H,1,8-10H2,2-6H3,(H,27,28)/t12?,13-,14+,15+,16?,20-,21?/m1/s1. The zero-order chi connectivity index (χ0) is 21.9. The second-order valence-electron chi connectivity index (χ2n) is 9.19. The number of carbonyl (C=O) groups is 3. The van der Waals surface area contributed by atoms with E-state index in [1.807, 2.05) is 20.8 Å². The van der Waals surface area contributed by atoms with Crippen molar-refractivity contribution in [2.24, 2.45) is 17.8 Å². The van der Waals surface area contributed by atoms with Gasteiger partial charge in [0.1, 0.15) is 17.6 Å². The van der Waals surface area contributed by atoms with E-state index in [0.29, 0.717) is 13.0 Å². The molecule has 162 valence electrons. The lowest BCUT2D eigenvalue weighted by Gasteiger charge is -2.39. The molecule has 2 N–H and O–H groups in total. The van der Waals surface area contributed by atoms with E-state index in [0.717, 1.165) is 0 Å². The van der Waals surface area contributed by atoms with Crippen LogP contribution in [0.15, 0.2) is 12.7 Å². The van der Waals surface area contributed by atoms with Crippen molar-refractivity contribution in [3.63, 3.8) is 0 Å². The third-order valence-corrected chi connectivity index (χ3v) is 7.22. The Bertz CT molecular complexity index is 739. The van der Waals surface area contributed by atoms with Crippen LogP contribution < -0.4 is 0 Å². The highest BCUT2D eigenvalue weighted by Crippen LogP contribution is 2.65. The average molecular weight is 408 g/mol. The Kier molecular flexibility index (Phi) is 5.32. The molecule has 29 heavy (non-hydrogen) atoms. The Morgan fingerprint density at radius 3 is 2.52 bits per heavy atom. The van der Waals surface area contributed by atoms with E-state index in [4.69, 9.17) is 4.74 Å². The molecule has 2 amide bonds. The molecule has 8 heteroatoms. The number of carboxylic acids is 1. The number of aliphatic carboxylic acids is 1. The van der Waals surface area contributed by atoms with E-state index in [9.17, 15) is 24.6 Å². The summed E-state index contributed by atoms with van der Waals surface area (Å²) in [6.07, 6.45) is 2.05. The first kappa shape index (κ1) is 21.8. The highest BCUT2D eigenvalue weighted by Gasteiger charge is 2.80. The van der Waals surface area contributed by atoms with E-state index in [1.54, 1.807) is 24.8 Å². The maximum absolute atomic E-state index is 13.7. The fourth-order valence-electron chi connectivity index (χ4n) is 5.75. The lowest BCUT2D eigenvalue weighted by Crippen LogP contribution is -2.59. The number of fused-ring (bicyclic) bond motifs is 1. The van der Waals surface area contributed by atoms with Gasteiger partial charge in [0.25, 0.3) is 0 Å². The molecular weight excluding hydrogens is 376 g/mol. The second kappa shape index (κ2) is 7.09. The molecule has 0 aromatic heterocycles. The van der Waals surface area contributed by atoms with Gasteiger partial charge in [0.2, 0.25) is 11.8 Å². The molecule has 0 aromatic rings. The Labute approximate surface area is 171 Å². The fourth-order valence-corrected chi connectivity index (χ4v) is 5.75. The van der Waals surface area contributed by atoms with Crippen molar-refractivity contribution in [1.29, 1.82) is 0 Å². The van der Waals surface area contributed by atoms with E-state index >= 15 is 0 Å². The number of amides is 2. The first-order valence-corrected chi connectivity index (χ1v) is 10.2. The predicted molar refractivity (Wildman–Crippen MR) is 105 cm³/mol. The maximum atomic E-state index is 13.7. The molecule has 0 aliphatic carbocycles. The summed E-state index contributed by atoms with van der Waals surface area (Å²) >= 11 is 0. The molecular formula is C21H32N2O6. The van der Waals surface area contributed by atoms with Gasteiger partial charge in [-0.1, -0.05) is 13.0 Å². The smallest absolute Gasteiger partial charge is 0.310 e.